The van der Waals surface area contributed by atoms with E-state index in [2.05, 4.69) is 5.32 Å². The Morgan fingerprint density at radius 1 is 1.14 bits per heavy atom. The summed E-state index contributed by atoms with van der Waals surface area (Å²) in [5.74, 6) is 0.491. The lowest BCUT2D eigenvalue weighted by Gasteiger charge is -2.18. The van der Waals surface area contributed by atoms with Crippen molar-refractivity contribution in [2.75, 3.05) is 7.11 Å². The minimum absolute atomic E-state index is 0.0213. The monoisotopic (exact) mass is 299 g/mol. The summed E-state index contributed by atoms with van der Waals surface area (Å²) in [4.78, 5) is 12.2. The summed E-state index contributed by atoms with van der Waals surface area (Å²) >= 11 is 0. The minimum atomic E-state index is -0.308. The quantitative estimate of drug-likeness (QED) is 0.921. The Kier molecular flexibility index (Phi) is 3.84. The number of benzene rings is 2. The van der Waals surface area contributed by atoms with Crippen LogP contribution in [0.1, 0.15) is 24.0 Å². The number of halogens is 1. The van der Waals surface area contributed by atoms with Gasteiger partial charge in [0.05, 0.1) is 19.1 Å². The fraction of sp³-hybridized carbons (Fsp3) is 0.278. The van der Waals surface area contributed by atoms with Crippen LogP contribution in [0.5, 0.6) is 5.75 Å². The molecule has 0 saturated heterocycles. The van der Waals surface area contributed by atoms with E-state index in [0.717, 1.165) is 29.7 Å². The van der Waals surface area contributed by atoms with Crippen LogP contribution in [0.25, 0.3) is 0 Å². The molecule has 4 heteroatoms. The number of carbonyl (C=O) groups is 1. The van der Waals surface area contributed by atoms with Crippen molar-refractivity contribution in [3.05, 3.63) is 65.5 Å². The number of ether oxygens (including phenoxy) is 1. The van der Waals surface area contributed by atoms with E-state index in [1.54, 1.807) is 19.2 Å². The average Bonchev–Trinajstić information content (AvgIpc) is 3.29. The number of hydrogen-bond acceptors (Lipinski definition) is 2. The topological polar surface area (TPSA) is 38.3 Å². The Bertz CT molecular complexity index is 660. The van der Waals surface area contributed by atoms with E-state index in [9.17, 15) is 9.18 Å². The zero-order valence-corrected chi connectivity index (χ0v) is 12.4. The number of nitrogens with one attached hydrogen (secondary N) is 1. The number of carbonyl (C=O) groups excluding carboxylic acids is 1. The molecular formula is C18H18FNO2. The van der Waals surface area contributed by atoms with E-state index >= 15 is 0 Å². The zero-order valence-electron chi connectivity index (χ0n) is 12.4. The second-order valence-corrected chi connectivity index (χ2v) is 5.66. The molecule has 1 fully saturated rings. The first kappa shape index (κ1) is 14.6. The van der Waals surface area contributed by atoms with Crippen molar-refractivity contribution < 1.29 is 13.9 Å². The molecule has 3 nitrogen and oxygen atoms in total. The molecule has 0 spiro atoms. The van der Waals surface area contributed by atoms with Gasteiger partial charge in [-0.1, -0.05) is 24.3 Å². The first-order chi connectivity index (χ1) is 10.6. The van der Waals surface area contributed by atoms with Gasteiger partial charge in [-0.25, -0.2) is 4.39 Å². The normalized spacial score (nSPS) is 15.2. The van der Waals surface area contributed by atoms with Crippen molar-refractivity contribution in [2.24, 2.45) is 0 Å². The Morgan fingerprint density at radius 2 is 1.77 bits per heavy atom. The second kappa shape index (κ2) is 5.79. The average molecular weight is 299 g/mol. The molecule has 0 bridgehead atoms. The zero-order chi connectivity index (χ0) is 15.6. The first-order valence-electron chi connectivity index (χ1n) is 7.31. The van der Waals surface area contributed by atoms with Crippen molar-refractivity contribution in [1.82, 2.24) is 5.32 Å². The van der Waals surface area contributed by atoms with E-state index in [0.29, 0.717) is 6.42 Å². The van der Waals surface area contributed by atoms with Crippen molar-refractivity contribution in [1.29, 1.82) is 0 Å². The van der Waals surface area contributed by atoms with Crippen molar-refractivity contribution in [3.63, 3.8) is 0 Å². The third kappa shape index (κ3) is 3.11. The van der Waals surface area contributed by atoms with E-state index < -0.39 is 0 Å². The molecule has 2 aromatic carbocycles. The van der Waals surface area contributed by atoms with Gasteiger partial charge in [0, 0.05) is 0 Å². The first-order valence-corrected chi connectivity index (χ1v) is 7.31. The van der Waals surface area contributed by atoms with Gasteiger partial charge in [-0.3, -0.25) is 4.79 Å². The highest BCUT2D eigenvalue weighted by Gasteiger charge is 2.45. The predicted molar refractivity (Wildman–Crippen MR) is 82.2 cm³/mol. The minimum Gasteiger partial charge on any atom is -0.497 e. The maximum atomic E-state index is 13.0. The molecule has 0 radical (unpaired) electrons. The molecule has 0 heterocycles. The third-order valence-corrected chi connectivity index (χ3v) is 4.05. The fourth-order valence-corrected chi connectivity index (χ4v) is 2.62. The molecule has 114 valence electrons. The highest BCUT2D eigenvalue weighted by Crippen LogP contribution is 2.45. The summed E-state index contributed by atoms with van der Waals surface area (Å²) in [7, 11) is 1.61. The molecule has 0 aromatic heterocycles. The van der Waals surface area contributed by atoms with E-state index in [4.69, 9.17) is 4.74 Å². The number of methoxy groups -OCH3 is 1. The third-order valence-electron chi connectivity index (χ3n) is 4.05. The Labute approximate surface area is 129 Å². The molecule has 3 rings (SSSR count). The molecule has 1 aliphatic carbocycles. The molecule has 0 aliphatic heterocycles. The number of rotatable bonds is 5. The standard InChI is InChI=1S/C18H18FNO2/c1-22-16-8-2-13(3-9-16)12-17(21)20-18(10-11-18)14-4-6-15(19)7-5-14/h2-9H,10-12H2,1H3,(H,20,21). The summed E-state index contributed by atoms with van der Waals surface area (Å²) < 4.78 is 18.1. The number of hydrogen-bond donors (Lipinski definition) is 1. The molecule has 1 saturated carbocycles. The second-order valence-electron chi connectivity index (χ2n) is 5.66. The van der Waals surface area contributed by atoms with Gasteiger partial charge >= 0.3 is 0 Å². The van der Waals surface area contributed by atoms with Crippen LogP contribution < -0.4 is 10.1 Å². The summed E-state index contributed by atoms with van der Waals surface area (Å²) in [5.41, 5.74) is 1.60. The van der Waals surface area contributed by atoms with Crippen LogP contribution in [0.4, 0.5) is 4.39 Å². The lowest BCUT2D eigenvalue weighted by atomic mass is 10.0. The van der Waals surface area contributed by atoms with Crippen LogP contribution in [0.2, 0.25) is 0 Å². The van der Waals surface area contributed by atoms with Gasteiger partial charge in [0.25, 0.3) is 0 Å². The number of amides is 1. The van der Waals surface area contributed by atoms with Crippen LogP contribution in [0, 0.1) is 5.82 Å². The van der Waals surface area contributed by atoms with Crippen LogP contribution >= 0.6 is 0 Å². The molecular weight excluding hydrogens is 281 g/mol. The molecule has 1 N–H and O–H groups in total. The maximum Gasteiger partial charge on any atom is 0.225 e. The lowest BCUT2D eigenvalue weighted by molar-refractivity contribution is -0.121. The Balaban J connectivity index is 1.64. The Hall–Kier alpha value is -2.36. The van der Waals surface area contributed by atoms with Crippen LogP contribution in [0.15, 0.2) is 48.5 Å². The van der Waals surface area contributed by atoms with E-state index in [-0.39, 0.29) is 17.3 Å². The van der Waals surface area contributed by atoms with Crippen molar-refractivity contribution >= 4 is 5.91 Å². The molecule has 22 heavy (non-hydrogen) atoms. The summed E-state index contributed by atoms with van der Waals surface area (Å²) in [6.45, 7) is 0. The molecule has 1 amide bonds. The summed E-state index contributed by atoms with van der Waals surface area (Å²) in [6, 6.07) is 13.8. The molecule has 1 aliphatic rings. The van der Waals surface area contributed by atoms with Gasteiger partial charge in [-0.15, -0.1) is 0 Å². The SMILES string of the molecule is COc1ccc(CC(=O)NC2(c3ccc(F)cc3)CC2)cc1. The van der Waals surface area contributed by atoms with E-state index in [1.165, 1.54) is 12.1 Å². The van der Waals surface area contributed by atoms with Crippen molar-refractivity contribution in [3.8, 4) is 5.75 Å². The van der Waals surface area contributed by atoms with Gasteiger partial charge in [0.2, 0.25) is 5.91 Å². The van der Waals surface area contributed by atoms with Crippen molar-refractivity contribution in [2.45, 2.75) is 24.8 Å². The largest absolute Gasteiger partial charge is 0.497 e. The van der Waals surface area contributed by atoms with Crippen LogP contribution in [-0.2, 0) is 16.8 Å². The predicted octanol–water partition coefficient (Wildman–Crippen LogP) is 3.18. The summed E-state index contributed by atoms with van der Waals surface area (Å²) in [6.07, 6.45) is 2.12. The van der Waals surface area contributed by atoms with Gasteiger partial charge in [0.15, 0.2) is 0 Å². The van der Waals surface area contributed by atoms with E-state index in [1.807, 2.05) is 24.3 Å². The molecule has 0 unspecified atom stereocenters. The highest BCUT2D eigenvalue weighted by molar-refractivity contribution is 5.80. The molecule has 2 aromatic rings. The van der Waals surface area contributed by atoms with Gasteiger partial charge in [0.1, 0.15) is 11.6 Å². The maximum absolute atomic E-state index is 13.0. The molecule has 0 atom stereocenters. The van der Waals surface area contributed by atoms with Crippen LogP contribution in [0.3, 0.4) is 0 Å². The van der Waals surface area contributed by atoms with Gasteiger partial charge in [-0.05, 0) is 48.2 Å². The highest BCUT2D eigenvalue weighted by atomic mass is 19.1. The Morgan fingerprint density at radius 3 is 2.32 bits per heavy atom. The smallest absolute Gasteiger partial charge is 0.225 e. The fourth-order valence-electron chi connectivity index (χ4n) is 2.62. The van der Waals surface area contributed by atoms with Crippen LogP contribution in [-0.4, -0.2) is 13.0 Å². The summed E-state index contributed by atoms with van der Waals surface area (Å²) in [5, 5.41) is 3.09. The van der Waals surface area contributed by atoms with Gasteiger partial charge in [-0.2, -0.15) is 0 Å². The van der Waals surface area contributed by atoms with Gasteiger partial charge < -0.3 is 10.1 Å². The lowest BCUT2D eigenvalue weighted by Crippen LogP contribution is -2.35.